The Bertz CT molecular complexity index is 3200. The summed E-state index contributed by atoms with van der Waals surface area (Å²) in [6.07, 6.45) is 9.86. The topological polar surface area (TPSA) is 206 Å². The van der Waals surface area contributed by atoms with Gasteiger partial charge in [0, 0.05) is 61.4 Å². The number of Topliss-reactive ketones (excluding diaryl/α,β-unsaturated/α-hetero) is 1. The van der Waals surface area contributed by atoms with Gasteiger partial charge >= 0.3 is 17.3 Å². The number of aryl methyl sites for hydroxylation is 1. The molecule has 5 aromatic carbocycles. The van der Waals surface area contributed by atoms with Crippen molar-refractivity contribution in [3.05, 3.63) is 176 Å². The van der Waals surface area contributed by atoms with Crippen LogP contribution in [0.5, 0.6) is 0 Å². The van der Waals surface area contributed by atoms with E-state index >= 15 is 0 Å². The molecule has 0 spiro atoms. The Kier molecular flexibility index (Phi) is 20.1. The molecular formula is C60H67N5O11Si. The highest BCUT2D eigenvalue weighted by atomic mass is 28.4. The molecule has 2 heterocycles. The van der Waals surface area contributed by atoms with Gasteiger partial charge in [-0.1, -0.05) is 112 Å². The van der Waals surface area contributed by atoms with Crippen LogP contribution < -0.4 is 26.2 Å². The Balaban J connectivity index is 0.936. The summed E-state index contributed by atoms with van der Waals surface area (Å²) in [5.74, 6) is -1.01. The third kappa shape index (κ3) is 14.8. The summed E-state index contributed by atoms with van der Waals surface area (Å²) in [4.78, 5) is 65.6. The Morgan fingerprint density at radius 3 is 2.14 bits per heavy atom. The average molecular weight is 1060 g/mol. The second kappa shape index (κ2) is 27.3. The average Bonchev–Trinajstić information content (AvgIpc) is 3.99. The lowest BCUT2D eigenvalue weighted by atomic mass is 10.0. The smallest absolute Gasteiger partial charge is 0.347 e. The summed E-state index contributed by atoms with van der Waals surface area (Å²) in [5.41, 5.74) is 3.63. The van der Waals surface area contributed by atoms with Crippen LogP contribution in [0.2, 0.25) is 5.04 Å². The van der Waals surface area contributed by atoms with Gasteiger partial charge in [-0.2, -0.15) is 0 Å². The van der Waals surface area contributed by atoms with Crippen molar-refractivity contribution in [1.29, 1.82) is 0 Å². The van der Waals surface area contributed by atoms with Crippen LogP contribution >= 0.6 is 0 Å². The maximum Gasteiger partial charge on any atom is 0.347 e. The van der Waals surface area contributed by atoms with Crippen molar-refractivity contribution in [1.82, 2.24) is 10.3 Å². The zero-order chi connectivity index (χ0) is 54.8. The lowest BCUT2D eigenvalue weighted by Crippen LogP contribution is -2.66. The second-order valence-electron chi connectivity index (χ2n) is 19.6. The fraction of sp³-hybridized carbons (Fsp3) is 0.333. The Morgan fingerprint density at radius 2 is 1.47 bits per heavy atom. The number of carbonyl (C=O) groups is 3. The summed E-state index contributed by atoms with van der Waals surface area (Å²) >= 11 is 0. The molecule has 7 rings (SSSR count). The molecule has 0 fully saturated rings. The number of non-ortho nitro benzene ring substituents is 1. The van der Waals surface area contributed by atoms with Crippen LogP contribution in [-0.4, -0.2) is 80.7 Å². The molecule has 16 nitrogen and oxygen atoms in total. The number of fused-ring (bicyclic) bond motifs is 2. The van der Waals surface area contributed by atoms with Gasteiger partial charge in [0.25, 0.3) is 8.32 Å². The number of hydrogen-bond donors (Lipinski definition) is 1. The van der Waals surface area contributed by atoms with E-state index in [-0.39, 0.29) is 71.9 Å². The fourth-order valence-electron chi connectivity index (χ4n) is 9.46. The van der Waals surface area contributed by atoms with E-state index in [1.807, 2.05) is 66.7 Å². The van der Waals surface area contributed by atoms with E-state index in [9.17, 15) is 29.3 Å². The number of unbranched alkanes of at least 4 members (excludes halogenated alkanes) is 3. The number of amides is 1. The molecule has 2 aromatic heterocycles. The lowest BCUT2D eigenvalue weighted by molar-refractivity contribution is -0.383. The SMILES string of the molecule is CCN(CC)c1ccc2cc(C(=O)CCCOCCOC(=O)C(/C=C/c3ccc(NC(=O)CCCCCCc4ccc([N+](=O)[O-])c5nonc45)cc3)=C/CO[Si](c3ccccc3)(c3ccccc3)C(C)(C)C)c(=O)oc2c1. The Morgan fingerprint density at radius 1 is 0.779 bits per heavy atom. The van der Waals surface area contributed by atoms with Crippen molar-refractivity contribution >= 4 is 81.5 Å². The maximum atomic E-state index is 13.8. The van der Waals surface area contributed by atoms with Gasteiger partial charge in [-0.3, -0.25) is 19.7 Å². The Labute approximate surface area is 449 Å². The van der Waals surface area contributed by atoms with Crippen LogP contribution in [0.25, 0.3) is 28.1 Å². The number of benzene rings is 5. The highest BCUT2D eigenvalue weighted by Gasteiger charge is 2.50. The van der Waals surface area contributed by atoms with Crippen LogP contribution in [0.1, 0.15) is 101 Å². The molecule has 0 unspecified atom stereocenters. The van der Waals surface area contributed by atoms with Gasteiger partial charge in [0.2, 0.25) is 11.4 Å². The van der Waals surface area contributed by atoms with Crippen molar-refractivity contribution < 1.29 is 42.3 Å². The van der Waals surface area contributed by atoms with Gasteiger partial charge in [0.1, 0.15) is 23.3 Å². The van der Waals surface area contributed by atoms with E-state index in [2.05, 4.69) is 79.4 Å². The standard InChI is InChI=1S/C60H67N5O11Si/c1-6-64(7-2)48-34-30-46-41-51(59(69)75-54(46)42-48)53(66)24-18-37-72-39-40-73-58(68)45(36-38-74-77(60(3,4)5,49-20-13-10-14-21-49)50-22-15-11-16-23-50)29-26-43-27-32-47(33-28-43)61-55(67)25-17-9-8-12-19-44-31-35-52(65(70)71)57-56(44)62-76-63-57/h10-11,13-16,20-23,26-36,41-42H,6-9,12,17-19,24-25,37-40H2,1-5H3,(H,61,67)/b29-26+,45-36+. The number of nitro groups is 1. The van der Waals surface area contributed by atoms with Gasteiger partial charge in [0.15, 0.2) is 5.78 Å². The van der Waals surface area contributed by atoms with E-state index in [0.717, 1.165) is 59.5 Å². The van der Waals surface area contributed by atoms with Gasteiger partial charge in [-0.15, -0.1) is 0 Å². The number of nitro benzene ring substituents is 1. The number of esters is 1. The van der Waals surface area contributed by atoms with E-state index in [1.54, 1.807) is 42.5 Å². The summed E-state index contributed by atoms with van der Waals surface area (Å²) in [5, 5.41) is 24.4. The number of ether oxygens (including phenoxy) is 2. The van der Waals surface area contributed by atoms with E-state index < -0.39 is 24.8 Å². The highest BCUT2D eigenvalue weighted by molar-refractivity contribution is 6.99. The molecule has 1 amide bonds. The molecule has 77 heavy (non-hydrogen) atoms. The number of aromatic nitrogens is 2. The molecule has 17 heteroatoms. The van der Waals surface area contributed by atoms with E-state index in [0.29, 0.717) is 47.9 Å². The van der Waals surface area contributed by atoms with Crippen LogP contribution in [-0.2, 0) is 29.9 Å². The number of carbonyl (C=O) groups excluding carboxylic acids is 3. The first-order valence-electron chi connectivity index (χ1n) is 26.2. The number of hydrogen-bond acceptors (Lipinski definition) is 14. The highest BCUT2D eigenvalue weighted by Crippen LogP contribution is 2.37. The van der Waals surface area contributed by atoms with Crippen LogP contribution in [0, 0.1) is 10.1 Å². The van der Waals surface area contributed by atoms with Crippen molar-refractivity contribution in [2.24, 2.45) is 0 Å². The monoisotopic (exact) mass is 1060 g/mol. The zero-order valence-electron chi connectivity index (χ0n) is 44.5. The number of rotatable bonds is 28. The minimum Gasteiger partial charge on any atom is -0.460 e. The predicted octanol–water partition coefficient (Wildman–Crippen LogP) is 11.0. The molecule has 0 atom stereocenters. The molecular weight excluding hydrogens is 995 g/mol. The summed E-state index contributed by atoms with van der Waals surface area (Å²) in [6, 6.07) is 38.1. The van der Waals surface area contributed by atoms with E-state index in [1.165, 1.54) is 6.07 Å². The van der Waals surface area contributed by atoms with Crippen LogP contribution in [0.4, 0.5) is 17.1 Å². The molecule has 0 aliphatic heterocycles. The zero-order valence-corrected chi connectivity index (χ0v) is 45.5. The summed E-state index contributed by atoms with van der Waals surface area (Å²) in [7, 11) is -2.94. The molecule has 0 saturated carbocycles. The third-order valence-electron chi connectivity index (χ3n) is 13.5. The van der Waals surface area contributed by atoms with E-state index in [4.69, 9.17) is 22.9 Å². The first-order chi connectivity index (χ1) is 37.2. The van der Waals surface area contributed by atoms with Gasteiger partial charge in [-0.25, -0.2) is 14.2 Å². The minimum absolute atomic E-state index is 0.000753. The lowest BCUT2D eigenvalue weighted by Gasteiger charge is -2.42. The maximum absolute atomic E-state index is 13.8. The Hall–Kier alpha value is -7.86. The van der Waals surface area contributed by atoms with Gasteiger partial charge in [0.05, 0.1) is 23.7 Å². The number of nitrogens with one attached hydrogen (secondary N) is 1. The van der Waals surface area contributed by atoms with Crippen molar-refractivity contribution in [3.8, 4) is 0 Å². The largest absolute Gasteiger partial charge is 0.460 e. The van der Waals surface area contributed by atoms with Crippen molar-refractivity contribution in [3.63, 3.8) is 0 Å². The first kappa shape index (κ1) is 56.9. The molecule has 7 aromatic rings. The second-order valence-corrected chi connectivity index (χ2v) is 23.9. The summed E-state index contributed by atoms with van der Waals surface area (Å²) < 4.78 is 28.9. The summed E-state index contributed by atoms with van der Waals surface area (Å²) in [6.45, 7) is 12.7. The first-order valence-corrected chi connectivity index (χ1v) is 28.2. The minimum atomic E-state index is -2.94. The number of nitrogens with zero attached hydrogens (tertiary/aromatic N) is 4. The number of anilines is 2. The quantitative estimate of drug-likeness (QED) is 0.00558. The third-order valence-corrected chi connectivity index (χ3v) is 18.5. The normalized spacial score (nSPS) is 12.1. The number of ketones is 1. The molecule has 0 radical (unpaired) electrons. The fourth-order valence-corrected chi connectivity index (χ4v) is 13.9. The molecule has 0 aliphatic carbocycles. The molecule has 0 aliphatic rings. The van der Waals surface area contributed by atoms with Crippen molar-refractivity contribution in [2.45, 2.75) is 91.0 Å². The van der Waals surface area contributed by atoms with Crippen LogP contribution in [0.3, 0.4) is 0 Å². The molecule has 0 saturated heterocycles. The molecule has 0 bridgehead atoms. The van der Waals surface area contributed by atoms with Gasteiger partial charge in [-0.05, 0) is 125 Å². The molecule has 1 N–H and O–H groups in total. The van der Waals surface area contributed by atoms with Crippen molar-refractivity contribution in [2.75, 3.05) is 49.7 Å². The van der Waals surface area contributed by atoms with Gasteiger partial charge < -0.3 is 28.5 Å². The van der Waals surface area contributed by atoms with Crippen LogP contribution in [0.15, 0.2) is 153 Å². The predicted molar refractivity (Wildman–Crippen MR) is 302 cm³/mol. The molecule has 402 valence electrons.